The van der Waals surface area contributed by atoms with Gasteiger partial charge in [0.25, 0.3) is 0 Å². The smallest absolute Gasteiger partial charge is 0.193 e. The zero-order valence-electron chi connectivity index (χ0n) is 12.3. The van der Waals surface area contributed by atoms with Gasteiger partial charge in [-0.15, -0.1) is 0 Å². The molecule has 2 rings (SSSR count). The largest absolute Gasteiger partial charge is 0.496 e. The van der Waals surface area contributed by atoms with Gasteiger partial charge in [-0.1, -0.05) is 0 Å². The number of hydrogen-bond donors (Lipinski definition) is 1. The number of hydrogen-bond acceptors (Lipinski definition) is 3. The highest BCUT2D eigenvalue weighted by atomic mass is 16.5. The molecule has 0 aliphatic heterocycles. The van der Waals surface area contributed by atoms with Crippen molar-refractivity contribution in [1.82, 2.24) is 0 Å². The Balaban J connectivity index is 2.39. The van der Waals surface area contributed by atoms with Crippen LogP contribution in [0.3, 0.4) is 0 Å². The van der Waals surface area contributed by atoms with Crippen LogP contribution >= 0.6 is 0 Å². The molecule has 0 fully saturated rings. The van der Waals surface area contributed by atoms with Crippen molar-refractivity contribution in [2.75, 3.05) is 19.5 Å². The van der Waals surface area contributed by atoms with Crippen LogP contribution in [0, 0.1) is 13.8 Å². The molecule has 3 heteroatoms. The lowest BCUT2D eigenvalue weighted by atomic mass is 9.96. The van der Waals surface area contributed by atoms with E-state index in [0.29, 0.717) is 5.56 Å². The molecule has 2 aromatic carbocycles. The van der Waals surface area contributed by atoms with Crippen molar-refractivity contribution < 1.29 is 9.53 Å². The van der Waals surface area contributed by atoms with Crippen LogP contribution in [0.5, 0.6) is 5.75 Å². The third kappa shape index (κ3) is 2.67. The number of benzene rings is 2. The Labute approximate surface area is 119 Å². The normalized spacial score (nSPS) is 10.2. The lowest BCUT2D eigenvalue weighted by Crippen LogP contribution is -2.05. The van der Waals surface area contributed by atoms with Gasteiger partial charge in [0.05, 0.1) is 7.11 Å². The van der Waals surface area contributed by atoms with Crippen molar-refractivity contribution in [3.63, 3.8) is 0 Å². The summed E-state index contributed by atoms with van der Waals surface area (Å²) in [6.45, 7) is 3.87. The van der Waals surface area contributed by atoms with E-state index in [1.165, 1.54) is 0 Å². The van der Waals surface area contributed by atoms with Crippen LogP contribution in [0.2, 0.25) is 0 Å². The van der Waals surface area contributed by atoms with Crippen LogP contribution in [0.25, 0.3) is 0 Å². The average molecular weight is 269 g/mol. The molecular weight excluding hydrogens is 250 g/mol. The molecular formula is C17H19NO2. The summed E-state index contributed by atoms with van der Waals surface area (Å²) in [5.41, 5.74) is 4.30. The third-order valence-corrected chi connectivity index (χ3v) is 3.42. The molecule has 0 radical (unpaired) electrons. The molecule has 104 valence electrons. The summed E-state index contributed by atoms with van der Waals surface area (Å²) in [7, 11) is 3.49. The van der Waals surface area contributed by atoms with Crippen LogP contribution in [0.4, 0.5) is 5.69 Å². The van der Waals surface area contributed by atoms with Gasteiger partial charge in [0.1, 0.15) is 5.75 Å². The lowest BCUT2D eigenvalue weighted by molar-refractivity contribution is 0.103. The number of ether oxygens (including phenoxy) is 1. The Morgan fingerprint density at radius 2 is 1.70 bits per heavy atom. The van der Waals surface area contributed by atoms with E-state index in [1.54, 1.807) is 7.11 Å². The minimum absolute atomic E-state index is 0.0379. The van der Waals surface area contributed by atoms with Gasteiger partial charge in [-0.2, -0.15) is 0 Å². The maximum Gasteiger partial charge on any atom is 0.193 e. The molecule has 0 heterocycles. The van der Waals surface area contributed by atoms with Crippen LogP contribution < -0.4 is 10.1 Å². The van der Waals surface area contributed by atoms with Crippen molar-refractivity contribution >= 4 is 11.5 Å². The van der Waals surface area contributed by atoms with E-state index in [-0.39, 0.29) is 5.78 Å². The summed E-state index contributed by atoms with van der Waals surface area (Å²) in [4.78, 5) is 12.6. The summed E-state index contributed by atoms with van der Waals surface area (Å²) < 4.78 is 5.28. The number of carbonyl (C=O) groups is 1. The molecule has 0 atom stereocenters. The van der Waals surface area contributed by atoms with Crippen molar-refractivity contribution in [3.8, 4) is 5.75 Å². The first kappa shape index (κ1) is 14.1. The fourth-order valence-corrected chi connectivity index (χ4v) is 2.20. The second-order valence-corrected chi connectivity index (χ2v) is 4.79. The van der Waals surface area contributed by atoms with E-state index in [1.807, 2.05) is 57.3 Å². The summed E-state index contributed by atoms with van der Waals surface area (Å²) in [6.07, 6.45) is 0. The topological polar surface area (TPSA) is 38.3 Å². The maximum absolute atomic E-state index is 12.6. The Morgan fingerprint density at radius 1 is 1.05 bits per heavy atom. The predicted molar refractivity (Wildman–Crippen MR) is 81.9 cm³/mol. The molecule has 0 unspecified atom stereocenters. The molecule has 3 nitrogen and oxygen atoms in total. The maximum atomic E-state index is 12.6. The molecule has 0 saturated heterocycles. The van der Waals surface area contributed by atoms with Crippen LogP contribution in [0.15, 0.2) is 36.4 Å². The first-order valence-electron chi connectivity index (χ1n) is 6.54. The lowest BCUT2D eigenvalue weighted by Gasteiger charge is -2.11. The van der Waals surface area contributed by atoms with Crippen LogP contribution in [-0.2, 0) is 0 Å². The molecule has 20 heavy (non-hydrogen) atoms. The summed E-state index contributed by atoms with van der Waals surface area (Å²) in [5.74, 6) is 0.848. The second-order valence-electron chi connectivity index (χ2n) is 4.79. The minimum Gasteiger partial charge on any atom is -0.496 e. The Hall–Kier alpha value is -2.29. The third-order valence-electron chi connectivity index (χ3n) is 3.42. The molecule has 2 aromatic rings. The molecule has 0 aromatic heterocycles. The predicted octanol–water partition coefficient (Wildman–Crippen LogP) is 3.58. The SMILES string of the molecule is CNc1ccc(C(=O)c2cc(C)c(OC)cc2C)cc1. The zero-order valence-corrected chi connectivity index (χ0v) is 12.3. The molecule has 1 N–H and O–H groups in total. The van der Waals surface area contributed by atoms with Gasteiger partial charge in [0.15, 0.2) is 5.78 Å². The monoisotopic (exact) mass is 269 g/mol. The first-order valence-corrected chi connectivity index (χ1v) is 6.54. The van der Waals surface area contributed by atoms with Gasteiger partial charge in [0, 0.05) is 23.9 Å². The second kappa shape index (κ2) is 5.78. The number of nitrogens with one attached hydrogen (secondary N) is 1. The van der Waals surface area contributed by atoms with Gasteiger partial charge in [-0.25, -0.2) is 0 Å². The molecule has 0 aliphatic rings. The molecule has 0 saturated carbocycles. The van der Waals surface area contributed by atoms with E-state index in [0.717, 1.165) is 28.1 Å². The Kier molecular flexibility index (Phi) is 4.08. The fourth-order valence-electron chi connectivity index (χ4n) is 2.20. The number of carbonyl (C=O) groups excluding carboxylic acids is 1. The Morgan fingerprint density at radius 3 is 2.25 bits per heavy atom. The molecule has 0 amide bonds. The number of aryl methyl sites for hydroxylation is 2. The summed E-state index contributed by atoms with van der Waals surface area (Å²) in [5, 5.41) is 3.04. The highest BCUT2D eigenvalue weighted by molar-refractivity contribution is 6.10. The van der Waals surface area contributed by atoms with E-state index < -0.39 is 0 Å². The standard InChI is InChI=1S/C17H19NO2/c1-11-10-16(20-4)12(2)9-15(11)17(19)13-5-7-14(18-3)8-6-13/h5-10,18H,1-4H3. The van der Waals surface area contributed by atoms with Crippen LogP contribution in [-0.4, -0.2) is 19.9 Å². The number of ketones is 1. The van der Waals surface area contributed by atoms with Gasteiger partial charge in [0.2, 0.25) is 0 Å². The molecule has 0 aliphatic carbocycles. The molecule has 0 spiro atoms. The average Bonchev–Trinajstić information content (AvgIpc) is 2.48. The highest BCUT2D eigenvalue weighted by Crippen LogP contribution is 2.24. The Bertz CT molecular complexity index is 630. The van der Waals surface area contributed by atoms with Crippen molar-refractivity contribution in [2.45, 2.75) is 13.8 Å². The van der Waals surface area contributed by atoms with Crippen molar-refractivity contribution in [3.05, 3.63) is 58.7 Å². The fraction of sp³-hybridized carbons (Fsp3) is 0.235. The van der Waals surface area contributed by atoms with Gasteiger partial charge in [-0.3, -0.25) is 4.79 Å². The van der Waals surface area contributed by atoms with Crippen molar-refractivity contribution in [1.29, 1.82) is 0 Å². The zero-order chi connectivity index (χ0) is 14.7. The van der Waals surface area contributed by atoms with E-state index in [2.05, 4.69) is 5.32 Å². The van der Waals surface area contributed by atoms with Gasteiger partial charge < -0.3 is 10.1 Å². The first-order chi connectivity index (χ1) is 9.56. The summed E-state index contributed by atoms with van der Waals surface area (Å²) in [6, 6.07) is 11.3. The van der Waals surface area contributed by atoms with Gasteiger partial charge in [-0.05, 0) is 61.4 Å². The molecule has 0 bridgehead atoms. The minimum atomic E-state index is 0.0379. The summed E-state index contributed by atoms with van der Waals surface area (Å²) >= 11 is 0. The van der Waals surface area contributed by atoms with Crippen molar-refractivity contribution in [2.24, 2.45) is 0 Å². The number of rotatable bonds is 4. The number of anilines is 1. The van der Waals surface area contributed by atoms with E-state index in [4.69, 9.17) is 4.74 Å². The van der Waals surface area contributed by atoms with Crippen LogP contribution in [0.1, 0.15) is 27.0 Å². The number of methoxy groups -OCH3 is 1. The van der Waals surface area contributed by atoms with E-state index >= 15 is 0 Å². The van der Waals surface area contributed by atoms with E-state index in [9.17, 15) is 4.79 Å². The highest BCUT2D eigenvalue weighted by Gasteiger charge is 2.14. The van der Waals surface area contributed by atoms with Gasteiger partial charge >= 0.3 is 0 Å². The quantitative estimate of drug-likeness (QED) is 0.862.